The number of morpholine rings is 1. The number of nitrogens with two attached hydrogens (primary N) is 1. The lowest BCUT2D eigenvalue weighted by molar-refractivity contribution is -0.0586. The maximum absolute atomic E-state index is 12.5. The van der Waals surface area contributed by atoms with Crippen molar-refractivity contribution in [3.63, 3.8) is 0 Å². The van der Waals surface area contributed by atoms with E-state index in [9.17, 15) is 4.79 Å². The number of carbonyl (C=O) groups is 1. The third-order valence-electron chi connectivity index (χ3n) is 3.03. The molecule has 1 aromatic heterocycles. The number of ether oxygens (including phenoxy) is 1. The predicted octanol–water partition coefficient (Wildman–Crippen LogP) is 0.641. The Morgan fingerprint density at radius 1 is 1.45 bits per heavy atom. The Morgan fingerprint density at radius 3 is 2.80 bits per heavy atom. The van der Waals surface area contributed by atoms with E-state index in [-0.39, 0.29) is 24.7 Å². The second kappa shape index (κ2) is 6.51. The van der Waals surface area contributed by atoms with Crippen molar-refractivity contribution in [1.29, 1.82) is 0 Å². The van der Waals surface area contributed by atoms with Gasteiger partial charge in [0.05, 0.1) is 24.3 Å². The SMILES string of the molecule is CC1CN(C(=O)c2cncc(C#CCN)c2)CC(C)O1. The third kappa shape index (κ3) is 3.56. The van der Waals surface area contributed by atoms with Gasteiger partial charge in [0, 0.05) is 31.0 Å². The van der Waals surface area contributed by atoms with Crippen LogP contribution in [0.5, 0.6) is 0 Å². The molecular weight excluding hydrogens is 254 g/mol. The lowest BCUT2D eigenvalue weighted by atomic mass is 10.1. The zero-order valence-electron chi connectivity index (χ0n) is 11.8. The molecule has 1 fully saturated rings. The van der Waals surface area contributed by atoms with Crippen LogP contribution in [-0.2, 0) is 4.74 Å². The van der Waals surface area contributed by atoms with Crippen molar-refractivity contribution in [2.75, 3.05) is 19.6 Å². The van der Waals surface area contributed by atoms with Crippen LogP contribution in [0.15, 0.2) is 18.5 Å². The minimum absolute atomic E-state index is 0.0316. The molecule has 2 heterocycles. The van der Waals surface area contributed by atoms with Gasteiger partial charge in [0.1, 0.15) is 0 Å². The minimum atomic E-state index is -0.0316. The van der Waals surface area contributed by atoms with Crippen molar-refractivity contribution in [3.05, 3.63) is 29.6 Å². The van der Waals surface area contributed by atoms with Crippen LogP contribution < -0.4 is 5.73 Å². The second-order valence-electron chi connectivity index (χ2n) is 4.94. The lowest BCUT2D eigenvalue weighted by Gasteiger charge is -2.35. The van der Waals surface area contributed by atoms with E-state index in [1.165, 1.54) is 0 Å². The fourth-order valence-corrected chi connectivity index (χ4v) is 2.30. The molecule has 0 radical (unpaired) electrons. The van der Waals surface area contributed by atoms with Gasteiger partial charge in [-0.1, -0.05) is 11.8 Å². The molecule has 1 saturated heterocycles. The quantitative estimate of drug-likeness (QED) is 0.763. The first kappa shape index (κ1) is 14.5. The van der Waals surface area contributed by atoms with Crippen molar-refractivity contribution in [3.8, 4) is 11.8 Å². The number of hydrogen-bond acceptors (Lipinski definition) is 4. The summed E-state index contributed by atoms with van der Waals surface area (Å²) in [4.78, 5) is 18.3. The van der Waals surface area contributed by atoms with Crippen LogP contribution in [0.3, 0.4) is 0 Å². The zero-order chi connectivity index (χ0) is 14.5. The molecule has 2 atom stereocenters. The van der Waals surface area contributed by atoms with Gasteiger partial charge in [-0.2, -0.15) is 0 Å². The zero-order valence-corrected chi connectivity index (χ0v) is 11.8. The van der Waals surface area contributed by atoms with Gasteiger partial charge in [-0.25, -0.2) is 0 Å². The molecule has 0 bridgehead atoms. The molecule has 0 aliphatic carbocycles. The summed E-state index contributed by atoms with van der Waals surface area (Å²) in [6.45, 7) is 5.43. The summed E-state index contributed by atoms with van der Waals surface area (Å²) in [7, 11) is 0. The van der Waals surface area contributed by atoms with E-state index in [1.54, 1.807) is 23.4 Å². The smallest absolute Gasteiger partial charge is 0.255 e. The van der Waals surface area contributed by atoms with Crippen molar-refractivity contribution in [2.45, 2.75) is 26.1 Å². The lowest BCUT2D eigenvalue weighted by Crippen LogP contribution is -2.48. The molecule has 2 N–H and O–H groups in total. The van der Waals surface area contributed by atoms with Crippen LogP contribution >= 0.6 is 0 Å². The van der Waals surface area contributed by atoms with Crippen LogP contribution in [0.25, 0.3) is 0 Å². The van der Waals surface area contributed by atoms with Crippen LogP contribution in [0.2, 0.25) is 0 Å². The van der Waals surface area contributed by atoms with Gasteiger partial charge in [0.2, 0.25) is 0 Å². The second-order valence-corrected chi connectivity index (χ2v) is 4.94. The van der Waals surface area contributed by atoms with E-state index < -0.39 is 0 Å². The Balaban J connectivity index is 2.16. The maximum Gasteiger partial charge on any atom is 0.255 e. The van der Waals surface area contributed by atoms with Gasteiger partial charge in [-0.05, 0) is 19.9 Å². The van der Waals surface area contributed by atoms with Crippen molar-refractivity contribution < 1.29 is 9.53 Å². The number of aromatic nitrogens is 1. The van der Waals surface area contributed by atoms with Crippen LogP contribution in [0.1, 0.15) is 29.8 Å². The third-order valence-corrected chi connectivity index (χ3v) is 3.03. The molecule has 0 aromatic carbocycles. The minimum Gasteiger partial charge on any atom is -0.372 e. The van der Waals surface area contributed by atoms with Crippen LogP contribution in [0, 0.1) is 11.8 Å². The molecule has 1 aromatic rings. The largest absolute Gasteiger partial charge is 0.372 e. The van der Waals surface area contributed by atoms with E-state index >= 15 is 0 Å². The molecule has 2 unspecified atom stereocenters. The summed E-state index contributed by atoms with van der Waals surface area (Å²) in [6.07, 6.45) is 3.30. The molecule has 1 aliphatic heterocycles. The molecular formula is C15H19N3O2. The Hall–Kier alpha value is -1.90. The van der Waals surface area contributed by atoms with Crippen LogP contribution in [-0.4, -0.2) is 47.6 Å². The number of hydrogen-bond donors (Lipinski definition) is 1. The summed E-state index contributed by atoms with van der Waals surface area (Å²) in [5.41, 5.74) is 6.59. The van der Waals surface area contributed by atoms with E-state index in [1.807, 2.05) is 13.8 Å². The molecule has 1 amide bonds. The first-order valence-electron chi connectivity index (χ1n) is 6.69. The summed E-state index contributed by atoms with van der Waals surface area (Å²) < 4.78 is 5.63. The number of pyridine rings is 1. The topological polar surface area (TPSA) is 68.5 Å². The Morgan fingerprint density at radius 2 is 2.15 bits per heavy atom. The highest BCUT2D eigenvalue weighted by atomic mass is 16.5. The normalized spacial score (nSPS) is 22.1. The van der Waals surface area contributed by atoms with Crippen molar-refractivity contribution >= 4 is 5.91 Å². The number of amides is 1. The average molecular weight is 273 g/mol. The highest BCUT2D eigenvalue weighted by Gasteiger charge is 2.26. The molecule has 5 heteroatoms. The standard InChI is InChI=1S/C15H19N3O2/c1-11-9-18(10-12(2)20-11)15(19)14-6-13(4-3-5-16)7-17-8-14/h6-8,11-12H,5,9-10,16H2,1-2H3. The average Bonchev–Trinajstić information content (AvgIpc) is 2.43. The monoisotopic (exact) mass is 273 g/mol. The molecule has 106 valence electrons. The molecule has 20 heavy (non-hydrogen) atoms. The van der Waals surface area contributed by atoms with Crippen LogP contribution in [0.4, 0.5) is 0 Å². The molecule has 2 rings (SSSR count). The molecule has 5 nitrogen and oxygen atoms in total. The fraction of sp³-hybridized carbons (Fsp3) is 0.467. The fourth-order valence-electron chi connectivity index (χ4n) is 2.30. The molecule has 1 aliphatic rings. The van der Waals surface area contributed by atoms with E-state index in [2.05, 4.69) is 16.8 Å². The maximum atomic E-state index is 12.5. The predicted molar refractivity (Wildman–Crippen MR) is 76.1 cm³/mol. The summed E-state index contributed by atoms with van der Waals surface area (Å²) in [5, 5.41) is 0. The Labute approximate surface area is 119 Å². The van der Waals surface area contributed by atoms with Gasteiger partial charge in [0.15, 0.2) is 0 Å². The Kier molecular flexibility index (Phi) is 4.72. The van der Waals surface area contributed by atoms with E-state index in [4.69, 9.17) is 10.5 Å². The summed E-state index contributed by atoms with van der Waals surface area (Å²) in [6, 6.07) is 1.75. The molecule has 0 spiro atoms. The number of carbonyl (C=O) groups excluding carboxylic acids is 1. The van der Waals surface area contributed by atoms with Gasteiger partial charge in [-0.3, -0.25) is 9.78 Å². The van der Waals surface area contributed by atoms with Gasteiger partial charge < -0.3 is 15.4 Å². The summed E-state index contributed by atoms with van der Waals surface area (Å²) in [5.74, 6) is 5.61. The van der Waals surface area contributed by atoms with Gasteiger partial charge in [-0.15, -0.1) is 0 Å². The molecule has 0 saturated carbocycles. The van der Waals surface area contributed by atoms with Crippen molar-refractivity contribution in [1.82, 2.24) is 9.88 Å². The number of nitrogens with zero attached hydrogens (tertiary/aromatic N) is 2. The highest BCUT2D eigenvalue weighted by molar-refractivity contribution is 5.94. The first-order valence-corrected chi connectivity index (χ1v) is 6.69. The highest BCUT2D eigenvalue weighted by Crippen LogP contribution is 2.14. The Bertz CT molecular complexity index is 538. The van der Waals surface area contributed by atoms with Gasteiger partial charge in [0.25, 0.3) is 5.91 Å². The first-order chi connectivity index (χ1) is 9.60. The van der Waals surface area contributed by atoms with E-state index in [0.29, 0.717) is 24.2 Å². The van der Waals surface area contributed by atoms with E-state index in [0.717, 1.165) is 0 Å². The van der Waals surface area contributed by atoms with Gasteiger partial charge >= 0.3 is 0 Å². The summed E-state index contributed by atoms with van der Waals surface area (Å²) >= 11 is 0. The van der Waals surface area contributed by atoms with Crippen molar-refractivity contribution in [2.24, 2.45) is 5.73 Å². The number of rotatable bonds is 1.